The first kappa shape index (κ1) is 22.2. The molecule has 1 amide bonds. The summed E-state index contributed by atoms with van der Waals surface area (Å²) >= 11 is 1.15. The van der Waals surface area contributed by atoms with Gasteiger partial charge in [0.2, 0.25) is 5.91 Å². The number of aromatic amines is 1. The second-order valence-electron chi connectivity index (χ2n) is 8.42. The summed E-state index contributed by atoms with van der Waals surface area (Å²) in [6.07, 6.45) is 3.52. The Bertz CT molecular complexity index is 1330. The monoisotopic (exact) mass is 476 g/mol. The molecule has 1 aliphatic carbocycles. The van der Waals surface area contributed by atoms with Gasteiger partial charge in [-0.2, -0.15) is 0 Å². The first-order chi connectivity index (χ1) is 16.5. The topological polar surface area (TPSA) is 117 Å². The first-order valence-electron chi connectivity index (χ1n) is 11.2. The van der Waals surface area contributed by atoms with Crippen LogP contribution in [-0.4, -0.2) is 27.4 Å². The molecule has 0 radical (unpaired) electrons. The van der Waals surface area contributed by atoms with Crippen LogP contribution >= 0.6 is 11.8 Å². The molecule has 0 unspecified atom stereocenters. The number of H-pyrrole nitrogens is 1. The molecule has 0 saturated heterocycles. The molecule has 1 aliphatic heterocycles. The maximum atomic E-state index is 13.2. The van der Waals surface area contributed by atoms with E-state index in [0.29, 0.717) is 40.8 Å². The van der Waals surface area contributed by atoms with Gasteiger partial charge in [0.25, 0.3) is 5.56 Å². The Labute approximate surface area is 200 Å². The summed E-state index contributed by atoms with van der Waals surface area (Å²) in [7, 11) is 0. The molecule has 3 aromatic rings. The molecule has 34 heavy (non-hydrogen) atoms. The molecule has 0 saturated carbocycles. The van der Waals surface area contributed by atoms with E-state index in [1.807, 2.05) is 31.2 Å². The molecular formula is C25H24N4O4S. The van der Waals surface area contributed by atoms with E-state index < -0.39 is 5.92 Å². The molecular weight excluding hydrogens is 452 g/mol. The number of nitrogens with zero attached hydrogens (tertiary/aromatic N) is 1. The molecule has 1 aromatic carbocycles. The van der Waals surface area contributed by atoms with E-state index in [9.17, 15) is 14.4 Å². The van der Waals surface area contributed by atoms with Gasteiger partial charge in [-0.05, 0) is 37.5 Å². The molecule has 0 bridgehead atoms. The highest BCUT2D eigenvalue weighted by Crippen LogP contribution is 2.43. The largest absolute Gasteiger partial charge is 0.467 e. The fourth-order valence-corrected chi connectivity index (χ4v) is 5.08. The highest BCUT2D eigenvalue weighted by Gasteiger charge is 2.37. The van der Waals surface area contributed by atoms with Crippen molar-refractivity contribution in [2.24, 2.45) is 0 Å². The smallest absolute Gasteiger partial charge is 0.257 e. The minimum atomic E-state index is -0.466. The van der Waals surface area contributed by atoms with E-state index in [1.54, 1.807) is 18.4 Å². The van der Waals surface area contributed by atoms with Crippen LogP contribution in [0.2, 0.25) is 0 Å². The number of amides is 1. The molecule has 174 valence electrons. The molecule has 2 aromatic heterocycles. The minimum absolute atomic E-state index is 0.0658. The number of fused-ring (bicyclic) bond motifs is 1. The van der Waals surface area contributed by atoms with Crippen molar-refractivity contribution >= 4 is 29.3 Å². The molecule has 3 heterocycles. The number of aryl methyl sites for hydroxylation is 1. The first-order valence-corrected chi connectivity index (χ1v) is 12.1. The predicted molar refractivity (Wildman–Crippen MR) is 129 cm³/mol. The van der Waals surface area contributed by atoms with Crippen LogP contribution in [0.15, 0.2) is 68.3 Å². The van der Waals surface area contributed by atoms with E-state index in [4.69, 9.17) is 4.42 Å². The van der Waals surface area contributed by atoms with E-state index in [2.05, 4.69) is 20.6 Å². The van der Waals surface area contributed by atoms with Gasteiger partial charge in [0, 0.05) is 23.6 Å². The SMILES string of the molecule is Cc1ccc([C@H]2C3=C(CCCC3=O)Nc3nc(SCC(=O)NCc4ccco4)[nH]c(=O)c32)cc1. The molecule has 1 atom stereocenters. The van der Waals surface area contributed by atoms with Crippen LogP contribution in [0, 0.1) is 6.92 Å². The van der Waals surface area contributed by atoms with Gasteiger partial charge in [-0.1, -0.05) is 41.6 Å². The van der Waals surface area contributed by atoms with E-state index in [-0.39, 0.29) is 23.0 Å². The number of anilines is 1. The van der Waals surface area contributed by atoms with Crippen molar-refractivity contribution in [2.45, 2.75) is 43.8 Å². The number of thioether (sulfide) groups is 1. The second kappa shape index (κ2) is 9.34. The summed E-state index contributed by atoms with van der Waals surface area (Å²) in [5.41, 5.74) is 3.61. The van der Waals surface area contributed by atoms with Crippen LogP contribution in [0.1, 0.15) is 47.6 Å². The van der Waals surface area contributed by atoms with E-state index in [0.717, 1.165) is 41.4 Å². The number of carbonyl (C=O) groups is 2. The lowest BCUT2D eigenvalue weighted by Gasteiger charge is -2.32. The minimum Gasteiger partial charge on any atom is -0.467 e. The van der Waals surface area contributed by atoms with Crippen molar-refractivity contribution in [1.82, 2.24) is 15.3 Å². The summed E-state index contributed by atoms with van der Waals surface area (Å²) in [5, 5.41) is 6.37. The van der Waals surface area contributed by atoms with Gasteiger partial charge >= 0.3 is 0 Å². The van der Waals surface area contributed by atoms with Crippen molar-refractivity contribution < 1.29 is 14.0 Å². The van der Waals surface area contributed by atoms with Gasteiger partial charge in [-0.3, -0.25) is 14.4 Å². The quantitative estimate of drug-likeness (QED) is 0.367. The third-order valence-electron chi connectivity index (χ3n) is 6.03. The molecule has 8 nitrogen and oxygen atoms in total. The number of aromatic nitrogens is 2. The highest BCUT2D eigenvalue weighted by atomic mass is 32.2. The van der Waals surface area contributed by atoms with Crippen LogP contribution in [0.25, 0.3) is 0 Å². The Morgan fingerprint density at radius 1 is 1.21 bits per heavy atom. The number of carbonyl (C=O) groups excluding carboxylic acids is 2. The highest BCUT2D eigenvalue weighted by molar-refractivity contribution is 7.99. The lowest BCUT2D eigenvalue weighted by atomic mass is 9.76. The van der Waals surface area contributed by atoms with Crippen LogP contribution in [0.3, 0.4) is 0 Å². The average molecular weight is 477 g/mol. The maximum Gasteiger partial charge on any atom is 0.257 e. The van der Waals surface area contributed by atoms with E-state index >= 15 is 0 Å². The number of hydrogen-bond donors (Lipinski definition) is 3. The molecule has 2 aliphatic rings. The number of ketones is 1. The lowest BCUT2D eigenvalue weighted by Crippen LogP contribution is -2.32. The Hall–Kier alpha value is -3.59. The number of furan rings is 1. The Balaban J connectivity index is 1.42. The zero-order valence-corrected chi connectivity index (χ0v) is 19.5. The predicted octanol–water partition coefficient (Wildman–Crippen LogP) is 3.64. The van der Waals surface area contributed by atoms with E-state index in [1.165, 1.54) is 0 Å². The molecule has 0 fully saturated rings. The molecule has 0 spiro atoms. The summed E-state index contributed by atoms with van der Waals surface area (Å²) in [5.74, 6) is 0.603. The molecule has 5 rings (SSSR count). The number of nitrogens with one attached hydrogen (secondary N) is 3. The third kappa shape index (κ3) is 4.43. The van der Waals surface area contributed by atoms with Gasteiger partial charge in [0.1, 0.15) is 11.6 Å². The summed E-state index contributed by atoms with van der Waals surface area (Å²) in [6.45, 7) is 2.30. The maximum absolute atomic E-state index is 13.2. The number of Topliss-reactive ketones (excluding diaryl/α,β-unsaturated/α-hetero) is 1. The average Bonchev–Trinajstić information content (AvgIpc) is 3.35. The second-order valence-corrected chi connectivity index (χ2v) is 9.38. The lowest BCUT2D eigenvalue weighted by molar-refractivity contribution is -0.119. The fraction of sp³-hybridized carbons (Fsp3) is 0.280. The Kier molecular flexibility index (Phi) is 6.10. The van der Waals surface area contributed by atoms with Crippen LogP contribution < -0.4 is 16.2 Å². The normalized spacial score (nSPS) is 17.1. The van der Waals surface area contributed by atoms with Gasteiger partial charge in [-0.15, -0.1) is 0 Å². The van der Waals surface area contributed by atoms with Gasteiger partial charge in [0.05, 0.1) is 24.1 Å². The van der Waals surface area contributed by atoms with Crippen LogP contribution in [-0.2, 0) is 16.1 Å². The van der Waals surface area contributed by atoms with Gasteiger partial charge in [0.15, 0.2) is 10.9 Å². The van der Waals surface area contributed by atoms with Gasteiger partial charge < -0.3 is 20.0 Å². The number of rotatable bonds is 6. The number of benzene rings is 1. The zero-order chi connectivity index (χ0) is 23.7. The van der Waals surface area contributed by atoms with Crippen LogP contribution in [0.5, 0.6) is 0 Å². The Morgan fingerprint density at radius 2 is 2.03 bits per heavy atom. The third-order valence-corrected chi connectivity index (χ3v) is 6.90. The number of allylic oxidation sites excluding steroid dienone is 2. The summed E-state index contributed by atoms with van der Waals surface area (Å²) < 4.78 is 5.21. The Morgan fingerprint density at radius 3 is 2.79 bits per heavy atom. The standard InChI is InChI=1S/C25H24N4O4S/c1-14-7-9-15(10-8-14)20-21-17(5-2-6-18(21)30)27-23-22(20)24(32)29-25(28-23)34-13-19(31)26-12-16-4-3-11-33-16/h3-4,7-11,20H,2,5-6,12-13H2,1H3,(H,26,31)(H2,27,28,29,32)/t20-/m0/s1. The van der Waals surface area contributed by atoms with Crippen molar-refractivity contribution in [3.05, 3.63) is 86.7 Å². The van der Waals surface area contributed by atoms with Crippen molar-refractivity contribution in [3.63, 3.8) is 0 Å². The zero-order valence-electron chi connectivity index (χ0n) is 18.6. The number of hydrogen-bond acceptors (Lipinski definition) is 7. The fourth-order valence-electron chi connectivity index (χ4n) is 4.38. The summed E-state index contributed by atoms with van der Waals surface area (Å²) in [6, 6.07) is 11.4. The van der Waals surface area contributed by atoms with Crippen molar-refractivity contribution in [3.8, 4) is 0 Å². The van der Waals surface area contributed by atoms with Gasteiger partial charge in [-0.25, -0.2) is 4.98 Å². The van der Waals surface area contributed by atoms with Crippen molar-refractivity contribution in [1.29, 1.82) is 0 Å². The molecule has 9 heteroatoms. The van der Waals surface area contributed by atoms with Crippen LogP contribution in [0.4, 0.5) is 5.82 Å². The summed E-state index contributed by atoms with van der Waals surface area (Å²) in [4.78, 5) is 45.8. The van der Waals surface area contributed by atoms with Crippen molar-refractivity contribution in [2.75, 3.05) is 11.1 Å². The molecule has 3 N–H and O–H groups in total.